The van der Waals surface area contributed by atoms with Gasteiger partial charge in [-0.25, -0.2) is 4.98 Å². The van der Waals surface area contributed by atoms with E-state index in [-0.39, 0.29) is 24.1 Å². The SMILES string of the molecule is Cc1cc(C)c(CNC(=O)c2cc3cc(-c4cscn4)cn3c(C(C)N3CCOCC3)c2C)c(=O)[nH]1. The van der Waals surface area contributed by atoms with Gasteiger partial charge in [-0.2, -0.15) is 0 Å². The van der Waals surface area contributed by atoms with Crippen LogP contribution in [-0.4, -0.2) is 51.5 Å². The van der Waals surface area contributed by atoms with Gasteiger partial charge in [0.25, 0.3) is 11.5 Å². The number of aromatic nitrogens is 3. The molecule has 4 aromatic heterocycles. The molecule has 0 spiro atoms. The highest BCUT2D eigenvalue weighted by Gasteiger charge is 2.26. The second-order valence-electron chi connectivity index (χ2n) is 9.42. The van der Waals surface area contributed by atoms with E-state index in [0.717, 1.165) is 52.4 Å². The van der Waals surface area contributed by atoms with Gasteiger partial charge >= 0.3 is 0 Å². The quantitative estimate of drug-likeness (QED) is 0.413. The molecule has 5 rings (SSSR count). The summed E-state index contributed by atoms with van der Waals surface area (Å²) in [6.07, 6.45) is 2.11. The van der Waals surface area contributed by atoms with Gasteiger partial charge in [-0.1, -0.05) is 0 Å². The fraction of sp³-hybridized carbons (Fsp3) is 0.370. The number of H-pyrrole nitrogens is 1. The Morgan fingerprint density at radius 3 is 2.69 bits per heavy atom. The standard InChI is InChI=1S/C27H31N5O3S/c1-16-9-17(2)30-27(34)23(16)12-28-26(33)22-11-21-10-20(24-14-36-15-29-24)13-32(21)25(18(22)3)19(4)31-5-7-35-8-6-31/h9-11,13-15,19H,5-8,12H2,1-4H3,(H,28,33)(H,30,34). The summed E-state index contributed by atoms with van der Waals surface area (Å²) < 4.78 is 7.76. The molecule has 0 saturated carbocycles. The van der Waals surface area contributed by atoms with Gasteiger partial charge in [0.15, 0.2) is 0 Å². The first-order valence-electron chi connectivity index (χ1n) is 12.2. The van der Waals surface area contributed by atoms with Crippen molar-refractivity contribution in [2.24, 2.45) is 0 Å². The summed E-state index contributed by atoms with van der Waals surface area (Å²) in [5.74, 6) is -0.193. The average Bonchev–Trinajstić information content (AvgIpc) is 3.53. The first-order chi connectivity index (χ1) is 17.3. The first-order valence-corrected chi connectivity index (χ1v) is 13.1. The Bertz CT molecular complexity index is 1470. The maximum Gasteiger partial charge on any atom is 0.253 e. The highest BCUT2D eigenvalue weighted by atomic mass is 32.1. The third-order valence-electron chi connectivity index (χ3n) is 7.07. The van der Waals surface area contributed by atoms with E-state index >= 15 is 0 Å². The average molecular weight is 506 g/mol. The summed E-state index contributed by atoms with van der Waals surface area (Å²) in [6, 6.07) is 6.02. The van der Waals surface area contributed by atoms with Gasteiger partial charge < -0.3 is 19.4 Å². The molecule has 36 heavy (non-hydrogen) atoms. The predicted octanol–water partition coefficient (Wildman–Crippen LogP) is 4.00. The molecule has 1 unspecified atom stereocenters. The molecule has 4 aromatic rings. The molecule has 0 aliphatic carbocycles. The topological polar surface area (TPSA) is 91.7 Å². The number of aromatic amines is 1. The lowest BCUT2D eigenvalue weighted by Crippen LogP contribution is -2.39. The number of thiazole rings is 1. The number of fused-ring (bicyclic) bond motifs is 1. The Balaban J connectivity index is 1.55. The van der Waals surface area contributed by atoms with E-state index in [9.17, 15) is 9.59 Å². The number of aryl methyl sites for hydroxylation is 2. The summed E-state index contributed by atoms with van der Waals surface area (Å²) in [6.45, 7) is 11.2. The molecule has 1 aliphatic heterocycles. The number of pyridine rings is 2. The summed E-state index contributed by atoms with van der Waals surface area (Å²) >= 11 is 1.56. The van der Waals surface area contributed by atoms with Crippen molar-refractivity contribution >= 4 is 22.8 Å². The lowest BCUT2D eigenvalue weighted by molar-refractivity contribution is 0.0187. The molecule has 1 aliphatic rings. The van der Waals surface area contributed by atoms with Crippen molar-refractivity contribution in [2.45, 2.75) is 40.3 Å². The van der Waals surface area contributed by atoms with Gasteiger partial charge in [0.2, 0.25) is 0 Å². The summed E-state index contributed by atoms with van der Waals surface area (Å²) in [4.78, 5) is 35.6. The van der Waals surface area contributed by atoms with E-state index in [1.165, 1.54) is 0 Å². The molecule has 9 heteroatoms. The largest absolute Gasteiger partial charge is 0.379 e. The van der Waals surface area contributed by atoms with Crippen molar-refractivity contribution in [3.05, 3.63) is 79.3 Å². The van der Waals surface area contributed by atoms with Crippen molar-refractivity contribution in [1.82, 2.24) is 24.6 Å². The Hall–Kier alpha value is -3.27. The molecule has 188 valence electrons. The lowest BCUT2D eigenvalue weighted by atomic mass is 10.0. The highest BCUT2D eigenvalue weighted by molar-refractivity contribution is 7.07. The van der Waals surface area contributed by atoms with Gasteiger partial charge in [-0.05, 0) is 57.0 Å². The van der Waals surface area contributed by atoms with Crippen LogP contribution in [0.1, 0.15) is 51.4 Å². The van der Waals surface area contributed by atoms with Crippen LogP contribution >= 0.6 is 11.3 Å². The molecular weight excluding hydrogens is 474 g/mol. The second kappa shape index (κ2) is 10.0. The smallest absolute Gasteiger partial charge is 0.253 e. The Kier molecular flexibility index (Phi) is 6.79. The molecule has 5 heterocycles. The maximum atomic E-state index is 13.5. The zero-order valence-corrected chi connectivity index (χ0v) is 21.9. The minimum atomic E-state index is -0.193. The molecule has 1 saturated heterocycles. The number of nitrogens with one attached hydrogen (secondary N) is 2. The fourth-order valence-electron chi connectivity index (χ4n) is 5.12. The van der Waals surface area contributed by atoms with Crippen molar-refractivity contribution in [3.8, 4) is 11.3 Å². The third-order valence-corrected chi connectivity index (χ3v) is 7.66. The van der Waals surface area contributed by atoms with Crippen molar-refractivity contribution in [3.63, 3.8) is 0 Å². The molecule has 1 fully saturated rings. The molecule has 1 atom stereocenters. The van der Waals surface area contributed by atoms with E-state index in [1.54, 1.807) is 11.3 Å². The maximum absolute atomic E-state index is 13.5. The van der Waals surface area contributed by atoms with Crippen LogP contribution < -0.4 is 10.9 Å². The predicted molar refractivity (Wildman–Crippen MR) is 142 cm³/mol. The van der Waals surface area contributed by atoms with Crippen LogP contribution in [0.2, 0.25) is 0 Å². The van der Waals surface area contributed by atoms with Crippen LogP contribution in [0.5, 0.6) is 0 Å². The van der Waals surface area contributed by atoms with Gasteiger partial charge in [-0.3, -0.25) is 14.5 Å². The van der Waals surface area contributed by atoms with E-state index in [4.69, 9.17) is 4.74 Å². The number of amides is 1. The monoisotopic (exact) mass is 505 g/mol. The van der Waals surface area contributed by atoms with Crippen LogP contribution in [0.3, 0.4) is 0 Å². The summed E-state index contributed by atoms with van der Waals surface area (Å²) in [5, 5.41) is 5.02. The molecule has 1 amide bonds. The minimum absolute atomic E-state index is 0.0852. The number of carbonyl (C=O) groups excluding carboxylic acids is 1. The van der Waals surface area contributed by atoms with E-state index < -0.39 is 0 Å². The second-order valence-corrected chi connectivity index (χ2v) is 10.1. The van der Waals surface area contributed by atoms with Gasteiger partial charge in [0.1, 0.15) is 0 Å². The Morgan fingerprint density at radius 2 is 2.00 bits per heavy atom. The summed E-state index contributed by atoms with van der Waals surface area (Å²) in [7, 11) is 0. The molecular formula is C27H31N5O3S. The lowest BCUT2D eigenvalue weighted by Gasteiger charge is -2.34. The first kappa shape index (κ1) is 24.4. The number of ether oxygens (including phenoxy) is 1. The summed E-state index contributed by atoms with van der Waals surface area (Å²) in [5.41, 5.74) is 9.40. The van der Waals surface area contributed by atoms with Gasteiger partial charge in [-0.15, -0.1) is 11.3 Å². The number of hydrogen-bond acceptors (Lipinski definition) is 6. The van der Waals surface area contributed by atoms with Crippen LogP contribution in [0, 0.1) is 20.8 Å². The molecule has 0 radical (unpaired) electrons. The molecule has 0 bridgehead atoms. The van der Waals surface area contributed by atoms with Crippen molar-refractivity contribution < 1.29 is 9.53 Å². The van der Waals surface area contributed by atoms with Crippen molar-refractivity contribution in [2.75, 3.05) is 26.3 Å². The van der Waals surface area contributed by atoms with Gasteiger partial charge in [0, 0.05) is 70.8 Å². The fourth-order valence-corrected chi connectivity index (χ4v) is 5.68. The highest BCUT2D eigenvalue weighted by Crippen LogP contribution is 2.32. The van der Waals surface area contributed by atoms with E-state index in [0.29, 0.717) is 24.3 Å². The zero-order chi connectivity index (χ0) is 25.4. The number of hydrogen-bond donors (Lipinski definition) is 2. The number of carbonyl (C=O) groups is 1. The van der Waals surface area contributed by atoms with Crippen LogP contribution in [0.25, 0.3) is 16.8 Å². The number of nitrogens with zero attached hydrogens (tertiary/aromatic N) is 3. The number of rotatable bonds is 6. The molecule has 2 N–H and O–H groups in total. The molecule has 8 nitrogen and oxygen atoms in total. The molecule has 0 aromatic carbocycles. The van der Waals surface area contributed by atoms with Crippen LogP contribution in [0.4, 0.5) is 0 Å². The van der Waals surface area contributed by atoms with Crippen LogP contribution in [0.15, 0.2) is 40.1 Å². The zero-order valence-electron chi connectivity index (χ0n) is 21.1. The van der Waals surface area contributed by atoms with Crippen LogP contribution in [-0.2, 0) is 11.3 Å². The normalized spacial score (nSPS) is 15.3. The third kappa shape index (κ3) is 4.61. The van der Waals surface area contributed by atoms with E-state index in [2.05, 4.69) is 43.8 Å². The van der Waals surface area contributed by atoms with Crippen molar-refractivity contribution in [1.29, 1.82) is 0 Å². The Labute approximate surface area is 213 Å². The Morgan fingerprint density at radius 1 is 1.22 bits per heavy atom. The van der Waals surface area contributed by atoms with E-state index in [1.807, 2.05) is 43.8 Å². The minimum Gasteiger partial charge on any atom is -0.379 e. The van der Waals surface area contributed by atoms with Gasteiger partial charge in [0.05, 0.1) is 24.4 Å². The number of morpholine rings is 1.